The molecule has 0 saturated carbocycles. The van der Waals surface area contributed by atoms with E-state index in [4.69, 9.17) is 0 Å². The molecule has 0 unspecified atom stereocenters. The molecule has 0 rings (SSSR count). The third-order valence-electron chi connectivity index (χ3n) is 1.47. The molecular formula is C6H15N4O2-. The Balaban J connectivity index is 3.68. The van der Waals surface area contributed by atoms with Crippen LogP contribution in [0, 0.1) is 10.4 Å². The predicted octanol–water partition coefficient (Wildman–Crippen LogP) is 0.293. The fourth-order valence-corrected chi connectivity index (χ4v) is 0.801. The van der Waals surface area contributed by atoms with E-state index in [1.807, 2.05) is 6.92 Å². The zero-order valence-corrected chi connectivity index (χ0v) is 7.49. The molecule has 0 bridgehead atoms. The Kier molecular flexibility index (Phi) is 6.08. The Morgan fingerprint density at radius 2 is 2.17 bits per heavy atom. The summed E-state index contributed by atoms with van der Waals surface area (Å²) in [6.07, 6.45) is 0. The summed E-state index contributed by atoms with van der Waals surface area (Å²) in [7, 11) is 0. The van der Waals surface area contributed by atoms with Crippen LogP contribution in [0.5, 0.6) is 0 Å². The molecule has 0 radical (unpaired) electrons. The monoisotopic (exact) mass is 175 g/mol. The topological polar surface area (TPSA) is 76.8 Å². The van der Waals surface area contributed by atoms with Crippen molar-refractivity contribution in [3.8, 4) is 0 Å². The van der Waals surface area contributed by atoms with E-state index in [9.17, 15) is 10.4 Å². The van der Waals surface area contributed by atoms with E-state index in [0.29, 0.717) is 19.6 Å². The van der Waals surface area contributed by atoms with Crippen molar-refractivity contribution in [1.29, 1.82) is 0 Å². The standard InChI is InChI=1S/C6H16N4O2/c1-3-7-5-6-9(4-2)10(12)8-11/h7,11H,3-6H2,1-2H3/p-1/b10-8+. The van der Waals surface area contributed by atoms with Gasteiger partial charge in [0.15, 0.2) is 0 Å². The van der Waals surface area contributed by atoms with E-state index in [-0.39, 0.29) is 4.97 Å². The number of hydrazine groups is 1. The number of rotatable bonds is 6. The lowest BCUT2D eigenvalue weighted by Gasteiger charge is -2.17. The van der Waals surface area contributed by atoms with Crippen molar-refractivity contribution in [2.75, 3.05) is 26.2 Å². The summed E-state index contributed by atoms with van der Waals surface area (Å²) >= 11 is 0. The highest BCUT2D eigenvalue weighted by Crippen LogP contribution is 1.87. The van der Waals surface area contributed by atoms with Crippen LogP contribution in [0.2, 0.25) is 0 Å². The molecule has 0 atom stereocenters. The van der Waals surface area contributed by atoms with Gasteiger partial charge in [0.25, 0.3) is 0 Å². The van der Waals surface area contributed by atoms with Gasteiger partial charge in [0.05, 0.1) is 13.1 Å². The molecule has 0 aliphatic rings. The van der Waals surface area contributed by atoms with Gasteiger partial charge < -0.3 is 15.7 Å². The van der Waals surface area contributed by atoms with Gasteiger partial charge in [-0.15, -0.1) is 5.01 Å². The highest BCUT2D eigenvalue weighted by Gasteiger charge is 2.06. The number of hydrogen-bond acceptors (Lipinski definition) is 4. The van der Waals surface area contributed by atoms with Crippen molar-refractivity contribution in [3.05, 3.63) is 10.4 Å². The average molecular weight is 175 g/mol. The van der Waals surface area contributed by atoms with E-state index in [2.05, 4.69) is 10.6 Å². The first-order chi connectivity index (χ1) is 5.76. The number of nitrogens with one attached hydrogen (secondary N) is 1. The van der Waals surface area contributed by atoms with Gasteiger partial charge in [-0.3, -0.25) is 0 Å². The summed E-state index contributed by atoms with van der Waals surface area (Å²) in [6.45, 7) is 6.29. The predicted molar refractivity (Wildman–Crippen MR) is 45.2 cm³/mol. The van der Waals surface area contributed by atoms with Gasteiger partial charge in [0.2, 0.25) is 0 Å². The second-order valence-corrected chi connectivity index (χ2v) is 2.23. The third kappa shape index (κ3) is 3.97. The van der Waals surface area contributed by atoms with E-state index in [1.165, 1.54) is 5.01 Å². The minimum Gasteiger partial charge on any atom is -0.737 e. The third-order valence-corrected chi connectivity index (χ3v) is 1.47. The second kappa shape index (κ2) is 6.66. The van der Waals surface area contributed by atoms with Gasteiger partial charge in [0, 0.05) is 11.5 Å². The van der Waals surface area contributed by atoms with E-state index < -0.39 is 0 Å². The van der Waals surface area contributed by atoms with Gasteiger partial charge in [-0.05, 0) is 18.7 Å². The van der Waals surface area contributed by atoms with Crippen LogP contribution in [-0.2, 0) is 0 Å². The summed E-state index contributed by atoms with van der Waals surface area (Å²) < 4.78 is 0. The van der Waals surface area contributed by atoms with Crippen LogP contribution in [0.15, 0.2) is 5.28 Å². The summed E-state index contributed by atoms with van der Waals surface area (Å²) in [5, 5.41) is 27.1. The van der Waals surface area contributed by atoms with Gasteiger partial charge in [-0.1, -0.05) is 6.92 Å². The van der Waals surface area contributed by atoms with E-state index in [1.54, 1.807) is 6.92 Å². The van der Waals surface area contributed by atoms with Crippen LogP contribution >= 0.6 is 0 Å². The minimum atomic E-state index is 0.0807. The number of nitrogens with zero attached hydrogens (tertiary/aromatic N) is 3. The minimum absolute atomic E-state index is 0.0807. The summed E-state index contributed by atoms with van der Waals surface area (Å²) in [5.74, 6) is 0. The largest absolute Gasteiger partial charge is 0.737 e. The molecule has 0 aromatic heterocycles. The number of likely N-dealkylation sites (N-methyl/N-ethyl adjacent to an activating group) is 2. The molecule has 72 valence electrons. The van der Waals surface area contributed by atoms with Gasteiger partial charge in [0.1, 0.15) is 0 Å². The Morgan fingerprint density at radius 1 is 1.50 bits per heavy atom. The maximum absolute atomic E-state index is 10.7. The lowest BCUT2D eigenvalue weighted by molar-refractivity contribution is -0.689. The highest BCUT2D eigenvalue weighted by molar-refractivity contribution is 4.46. The average Bonchev–Trinajstić information content (AvgIpc) is 2.11. The van der Waals surface area contributed by atoms with Crippen molar-refractivity contribution in [2.24, 2.45) is 5.28 Å². The van der Waals surface area contributed by atoms with Gasteiger partial charge >= 0.3 is 0 Å². The van der Waals surface area contributed by atoms with Crippen LogP contribution in [0.4, 0.5) is 0 Å². The summed E-state index contributed by atoms with van der Waals surface area (Å²) in [4.78, 5) is 0.0807. The molecule has 0 saturated heterocycles. The maximum Gasteiger partial charge on any atom is 0.0892 e. The second-order valence-electron chi connectivity index (χ2n) is 2.23. The Labute approximate surface area is 72.0 Å². The lowest BCUT2D eigenvalue weighted by Crippen LogP contribution is -2.36. The molecule has 0 fully saturated rings. The van der Waals surface area contributed by atoms with Crippen LogP contribution in [0.25, 0.3) is 0 Å². The molecule has 12 heavy (non-hydrogen) atoms. The zero-order valence-electron chi connectivity index (χ0n) is 7.49. The Bertz CT molecular complexity index is 140. The molecule has 0 aliphatic heterocycles. The van der Waals surface area contributed by atoms with Crippen LogP contribution in [0.1, 0.15) is 13.8 Å². The van der Waals surface area contributed by atoms with Gasteiger partial charge in [-0.25, -0.2) is 0 Å². The molecule has 6 heteroatoms. The van der Waals surface area contributed by atoms with Crippen molar-refractivity contribution >= 4 is 0 Å². The lowest BCUT2D eigenvalue weighted by atomic mass is 10.5. The van der Waals surface area contributed by atoms with E-state index in [0.717, 1.165) is 6.54 Å². The highest BCUT2D eigenvalue weighted by atomic mass is 16.6. The van der Waals surface area contributed by atoms with Crippen molar-refractivity contribution in [1.82, 2.24) is 10.3 Å². The zero-order chi connectivity index (χ0) is 9.40. The summed E-state index contributed by atoms with van der Waals surface area (Å²) in [6, 6.07) is 0. The van der Waals surface area contributed by atoms with Crippen LogP contribution in [0.3, 0.4) is 0 Å². The first-order valence-electron chi connectivity index (χ1n) is 4.02. The quantitative estimate of drug-likeness (QED) is 0.272. The molecule has 0 heterocycles. The van der Waals surface area contributed by atoms with Crippen LogP contribution in [-0.4, -0.2) is 36.2 Å². The first-order valence-corrected chi connectivity index (χ1v) is 4.02. The SMILES string of the molecule is CCNCCN(CC)/[N+]([O-])=N\[O-]. The molecular weight excluding hydrogens is 160 g/mol. The fourth-order valence-electron chi connectivity index (χ4n) is 0.801. The van der Waals surface area contributed by atoms with Crippen molar-refractivity contribution in [2.45, 2.75) is 13.8 Å². The fraction of sp³-hybridized carbons (Fsp3) is 1.00. The number of hydrogen-bond donors (Lipinski definition) is 1. The van der Waals surface area contributed by atoms with Crippen molar-refractivity contribution in [3.63, 3.8) is 0 Å². The van der Waals surface area contributed by atoms with Crippen LogP contribution < -0.4 is 5.32 Å². The smallest absolute Gasteiger partial charge is 0.0892 e. The van der Waals surface area contributed by atoms with Crippen molar-refractivity contribution < 1.29 is 4.97 Å². The van der Waals surface area contributed by atoms with E-state index >= 15 is 0 Å². The molecule has 0 aromatic rings. The molecule has 0 spiro atoms. The molecule has 1 N–H and O–H groups in total. The maximum atomic E-state index is 10.7. The molecule has 0 aromatic carbocycles. The Hall–Kier alpha value is -1.04. The molecule has 0 aliphatic carbocycles. The Morgan fingerprint density at radius 3 is 2.58 bits per heavy atom. The molecule has 6 nitrogen and oxygen atoms in total. The molecule has 0 amide bonds. The van der Waals surface area contributed by atoms with Gasteiger partial charge in [-0.2, -0.15) is 0 Å². The normalized spacial score (nSPS) is 11.7. The summed E-state index contributed by atoms with van der Waals surface area (Å²) in [5.41, 5.74) is 0. The first kappa shape index (κ1) is 11.0.